The van der Waals surface area contributed by atoms with Crippen molar-refractivity contribution in [2.75, 3.05) is 0 Å². The molecule has 4 nitrogen and oxygen atoms in total. The van der Waals surface area contributed by atoms with Gasteiger partial charge in [-0.1, -0.05) is 18.2 Å². The first-order valence-electron chi connectivity index (χ1n) is 5.67. The average molecular weight is 260 g/mol. The van der Waals surface area contributed by atoms with Crippen molar-refractivity contribution in [2.24, 2.45) is 5.84 Å². The Hall–Kier alpha value is -2.40. The highest BCUT2D eigenvalue weighted by molar-refractivity contribution is 5.93. The Balaban J connectivity index is 1.98. The van der Waals surface area contributed by atoms with E-state index >= 15 is 0 Å². The first-order valence-corrected chi connectivity index (χ1v) is 5.67. The van der Waals surface area contributed by atoms with E-state index in [4.69, 9.17) is 10.6 Å². The third-order valence-corrected chi connectivity index (χ3v) is 2.55. The average Bonchev–Trinajstić information content (AvgIpc) is 2.45. The minimum atomic E-state index is -0.349. The molecule has 0 aromatic heterocycles. The van der Waals surface area contributed by atoms with Crippen LogP contribution in [0.3, 0.4) is 0 Å². The zero-order chi connectivity index (χ0) is 13.7. The van der Waals surface area contributed by atoms with Gasteiger partial charge in [-0.2, -0.15) is 0 Å². The zero-order valence-corrected chi connectivity index (χ0v) is 10.1. The Kier molecular flexibility index (Phi) is 4.10. The van der Waals surface area contributed by atoms with E-state index in [0.29, 0.717) is 17.9 Å². The molecule has 5 heteroatoms. The number of rotatable bonds is 4. The SMILES string of the molecule is NNC(=O)c1ccc(COc2cccc(F)c2)cc1. The second-order valence-corrected chi connectivity index (χ2v) is 3.92. The van der Waals surface area contributed by atoms with Gasteiger partial charge in [0, 0.05) is 11.6 Å². The molecule has 0 saturated heterocycles. The molecule has 0 atom stereocenters. The smallest absolute Gasteiger partial charge is 0.265 e. The summed E-state index contributed by atoms with van der Waals surface area (Å²) in [5.41, 5.74) is 3.40. The summed E-state index contributed by atoms with van der Waals surface area (Å²) in [6.07, 6.45) is 0. The number of benzene rings is 2. The molecule has 3 N–H and O–H groups in total. The maximum absolute atomic E-state index is 12.9. The van der Waals surface area contributed by atoms with Crippen LogP contribution >= 0.6 is 0 Å². The molecule has 19 heavy (non-hydrogen) atoms. The molecule has 0 heterocycles. The third kappa shape index (κ3) is 3.53. The number of ether oxygens (including phenoxy) is 1. The monoisotopic (exact) mass is 260 g/mol. The fourth-order valence-corrected chi connectivity index (χ4v) is 1.56. The van der Waals surface area contributed by atoms with Crippen molar-refractivity contribution in [3.63, 3.8) is 0 Å². The molecule has 0 spiro atoms. The lowest BCUT2D eigenvalue weighted by molar-refractivity contribution is 0.0953. The van der Waals surface area contributed by atoms with Gasteiger partial charge in [-0.25, -0.2) is 10.2 Å². The van der Waals surface area contributed by atoms with Gasteiger partial charge < -0.3 is 4.74 Å². The molecule has 0 aliphatic carbocycles. The molecule has 0 bridgehead atoms. The second-order valence-electron chi connectivity index (χ2n) is 3.92. The first-order chi connectivity index (χ1) is 9.19. The summed E-state index contributed by atoms with van der Waals surface area (Å²) >= 11 is 0. The van der Waals surface area contributed by atoms with E-state index in [1.165, 1.54) is 12.1 Å². The number of halogens is 1. The summed E-state index contributed by atoms with van der Waals surface area (Å²) in [5, 5.41) is 0. The van der Waals surface area contributed by atoms with Crippen LogP contribution in [0.5, 0.6) is 5.75 Å². The standard InChI is InChI=1S/C14H13FN2O2/c15-12-2-1-3-13(8-12)19-9-10-4-6-11(7-5-10)14(18)17-16/h1-8H,9,16H2,(H,17,18). The van der Waals surface area contributed by atoms with Gasteiger partial charge in [-0.3, -0.25) is 10.2 Å². The van der Waals surface area contributed by atoms with Gasteiger partial charge in [-0.15, -0.1) is 0 Å². The molecule has 0 saturated carbocycles. The van der Waals surface area contributed by atoms with Crippen LogP contribution in [0.25, 0.3) is 0 Å². The lowest BCUT2D eigenvalue weighted by atomic mass is 10.1. The van der Waals surface area contributed by atoms with Crippen molar-refractivity contribution in [2.45, 2.75) is 6.61 Å². The van der Waals surface area contributed by atoms with Crippen LogP contribution in [0.4, 0.5) is 4.39 Å². The van der Waals surface area contributed by atoms with E-state index in [1.807, 2.05) is 0 Å². The third-order valence-electron chi connectivity index (χ3n) is 2.55. The van der Waals surface area contributed by atoms with Crippen LogP contribution in [0.1, 0.15) is 15.9 Å². The summed E-state index contributed by atoms with van der Waals surface area (Å²) in [7, 11) is 0. The van der Waals surface area contributed by atoms with Gasteiger partial charge >= 0.3 is 0 Å². The second kappa shape index (κ2) is 5.97. The number of carbonyl (C=O) groups is 1. The highest BCUT2D eigenvalue weighted by Crippen LogP contribution is 2.14. The lowest BCUT2D eigenvalue weighted by Gasteiger charge is -2.07. The molecule has 2 aromatic rings. The van der Waals surface area contributed by atoms with Gasteiger partial charge in [0.25, 0.3) is 5.91 Å². The molecule has 2 aromatic carbocycles. The first kappa shape index (κ1) is 13.0. The Morgan fingerprint density at radius 3 is 2.58 bits per heavy atom. The van der Waals surface area contributed by atoms with Gasteiger partial charge in [0.1, 0.15) is 18.2 Å². The zero-order valence-electron chi connectivity index (χ0n) is 10.1. The fourth-order valence-electron chi connectivity index (χ4n) is 1.56. The summed E-state index contributed by atoms with van der Waals surface area (Å²) in [4.78, 5) is 11.2. The Morgan fingerprint density at radius 1 is 1.21 bits per heavy atom. The largest absolute Gasteiger partial charge is 0.489 e. The van der Waals surface area contributed by atoms with E-state index < -0.39 is 0 Å². The van der Waals surface area contributed by atoms with Crippen LogP contribution in [0, 0.1) is 5.82 Å². The number of hydrogen-bond acceptors (Lipinski definition) is 3. The van der Waals surface area contributed by atoms with Gasteiger partial charge in [-0.05, 0) is 29.8 Å². The number of nitrogens with one attached hydrogen (secondary N) is 1. The number of nitrogen functional groups attached to an aromatic ring is 1. The summed E-state index contributed by atoms with van der Waals surface area (Å²) in [6.45, 7) is 0.300. The van der Waals surface area contributed by atoms with Crippen LogP contribution in [0.2, 0.25) is 0 Å². The number of carbonyl (C=O) groups excluding carboxylic acids is 1. The molecule has 0 aliphatic heterocycles. The van der Waals surface area contributed by atoms with Crippen LogP contribution in [-0.2, 0) is 6.61 Å². The van der Waals surface area contributed by atoms with E-state index in [-0.39, 0.29) is 11.7 Å². The minimum Gasteiger partial charge on any atom is -0.489 e. The number of nitrogens with two attached hydrogens (primary N) is 1. The number of hydrogen-bond donors (Lipinski definition) is 2. The molecule has 1 amide bonds. The molecule has 98 valence electrons. The summed E-state index contributed by atoms with van der Waals surface area (Å²) in [6, 6.07) is 12.7. The van der Waals surface area contributed by atoms with Gasteiger partial charge in [0.05, 0.1) is 0 Å². The number of amides is 1. The van der Waals surface area contributed by atoms with Crippen LogP contribution in [0.15, 0.2) is 48.5 Å². The fraction of sp³-hybridized carbons (Fsp3) is 0.0714. The minimum absolute atomic E-state index is 0.300. The molecule has 0 fully saturated rings. The van der Waals surface area contributed by atoms with Crippen molar-refractivity contribution < 1.29 is 13.9 Å². The quantitative estimate of drug-likeness (QED) is 0.502. The molecule has 2 rings (SSSR count). The van der Waals surface area contributed by atoms with Gasteiger partial charge in [0.2, 0.25) is 0 Å². The summed E-state index contributed by atoms with van der Waals surface area (Å²) in [5.74, 6) is 4.80. The molecule has 0 aliphatic rings. The highest BCUT2D eigenvalue weighted by Gasteiger charge is 2.03. The van der Waals surface area contributed by atoms with Crippen LogP contribution < -0.4 is 16.0 Å². The van der Waals surface area contributed by atoms with E-state index in [0.717, 1.165) is 5.56 Å². The van der Waals surface area contributed by atoms with Crippen LogP contribution in [-0.4, -0.2) is 5.91 Å². The van der Waals surface area contributed by atoms with Crippen molar-refractivity contribution in [3.8, 4) is 5.75 Å². The maximum Gasteiger partial charge on any atom is 0.265 e. The van der Waals surface area contributed by atoms with Crippen molar-refractivity contribution in [1.82, 2.24) is 5.43 Å². The molecular weight excluding hydrogens is 247 g/mol. The molecule has 0 radical (unpaired) electrons. The van der Waals surface area contributed by atoms with E-state index in [1.54, 1.807) is 36.4 Å². The number of hydrazine groups is 1. The van der Waals surface area contributed by atoms with Crippen molar-refractivity contribution in [3.05, 3.63) is 65.5 Å². The highest BCUT2D eigenvalue weighted by atomic mass is 19.1. The van der Waals surface area contributed by atoms with Crippen molar-refractivity contribution in [1.29, 1.82) is 0 Å². The Labute approximate surface area is 110 Å². The van der Waals surface area contributed by atoms with E-state index in [2.05, 4.69) is 5.43 Å². The Morgan fingerprint density at radius 2 is 1.95 bits per heavy atom. The topological polar surface area (TPSA) is 64.3 Å². The maximum atomic E-state index is 12.9. The normalized spacial score (nSPS) is 10.0. The predicted octanol–water partition coefficient (Wildman–Crippen LogP) is 2.01. The lowest BCUT2D eigenvalue weighted by Crippen LogP contribution is -2.29. The van der Waals surface area contributed by atoms with Crippen molar-refractivity contribution >= 4 is 5.91 Å². The Bertz CT molecular complexity index is 570. The predicted molar refractivity (Wildman–Crippen MR) is 68.8 cm³/mol. The molecule has 0 unspecified atom stereocenters. The van der Waals surface area contributed by atoms with Gasteiger partial charge in [0.15, 0.2) is 0 Å². The molecular formula is C14H13FN2O2. The van der Waals surface area contributed by atoms with E-state index in [9.17, 15) is 9.18 Å². The summed E-state index contributed by atoms with van der Waals surface area (Å²) < 4.78 is 18.4.